The van der Waals surface area contributed by atoms with Crippen LogP contribution in [-0.4, -0.2) is 41.1 Å². The summed E-state index contributed by atoms with van der Waals surface area (Å²) in [4.78, 5) is 8.33. The van der Waals surface area contributed by atoms with Crippen LogP contribution in [0.3, 0.4) is 0 Å². The first-order valence-corrected chi connectivity index (χ1v) is 10.8. The van der Waals surface area contributed by atoms with Crippen LogP contribution in [0, 0.1) is 10.1 Å². The van der Waals surface area contributed by atoms with Crippen molar-refractivity contribution in [1.29, 1.82) is 0 Å². The van der Waals surface area contributed by atoms with Crippen molar-refractivity contribution in [3.8, 4) is 11.5 Å². The summed E-state index contributed by atoms with van der Waals surface area (Å²) in [6.45, 7) is 0. The van der Waals surface area contributed by atoms with Crippen LogP contribution < -0.4 is 0 Å². The Hall–Kier alpha value is -3.66. The number of nitrogens with zero attached hydrogens (tertiary/aromatic N) is 3. The first-order chi connectivity index (χ1) is 14.3. The Labute approximate surface area is 173 Å². The highest BCUT2D eigenvalue weighted by Gasteiger charge is 2.25. The van der Waals surface area contributed by atoms with Gasteiger partial charge in [0, 0.05) is 18.2 Å². The van der Waals surface area contributed by atoms with Gasteiger partial charge in [0.2, 0.25) is 0 Å². The molecule has 0 aliphatic carbocycles. The van der Waals surface area contributed by atoms with E-state index in [-0.39, 0.29) is 16.8 Å². The Morgan fingerprint density at radius 2 is 1.58 bits per heavy atom. The zero-order valence-electron chi connectivity index (χ0n) is 14.9. The second-order valence-electron chi connectivity index (χ2n) is 6.04. The molecule has 0 saturated carbocycles. The van der Waals surface area contributed by atoms with Crippen LogP contribution in [0.5, 0.6) is 11.5 Å². The normalized spacial score (nSPS) is 12.5. The summed E-state index contributed by atoms with van der Waals surface area (Å²) in [7, 11) is -9.85. The summed E-state index contributed by atoms with van der Waals surface area (Å²) in [6.07, 6.45) is 0. The minimum absolute atomic E-state index is 0.0964. The van der Waals surface area contributed by atoms with E-state index in [2.05, 4.69) is 10.2 Å². The van der Waals surface area contributed by atoms with Crippen molar-refractivity contribution in [2.45, 2.75) is 9.79 Å². The summed E-state index contributed by atoms with van der Waals surface area (Å²) in [5.74, 6) is -1.84. The molecule has 0 heterocycles. The van der Waals surface area contributed by atoms with Crippen LogP contribution >= 0.6 is 0 Å². The summed E-state index contributed by atoms with van der Waals surface area (Å²) in [5.41, 5.74) is -1.26. The maximum Gasteiger partial charge on any atom is 0.296 e. The van der Waals surface area contributed by atoms with Crippen LogP contribution in [0.1, 0.15) is 0 Å². The van der Waals surface area contributed by atoms with E-state index >= 15 is 0 Å². The number of phenols is 2. The minimum atomic E-state index is -5.05. The third kappa shape index (κ3) is 4.43. The molecule has 0 spiro atoms. The number of hydrogen-bond donors (Lipinski definition) is 4. The van der Waals surface area contributed by atoms with Crippen LogP contribution in [0.4, 0.5) is 17.1 Å². The molecule has 4 N–H and O–H groups in total. The average molecular weight is 469 g/mol. The fourth-order valence-electron chi connectivity index (χ4n) is 2.66. The van der Waals surface area contributed by atoms with Gasteiger partial charge in [-0.3, -0.25) is 19.2 Å². The molecule has 13 nitrogen and oxygen atoms in total. The molecule has 3 rings (SSSR count). The smallest absolute Gasteiger partial charge is 0.296 e. The average Bonchev–Trinajstić information content (AvgIpc) is 2.65. The van der Waals surface area contributed by atoms with Crippen molar-refractivity contribution in [2.75, 3.05) is 0 Å². The third-order valence-electron chi connectivity index (χ3n) is 3.98. The predicted molar refractivity (Wildman–Crippen MR) is 104 cm³/mol. The highest BCUT2D eigenvalue weighted by Crippen LogP contribution is 2.45. The SMILES string of the molecule is O=[N+]([O-])c1cccc(N=Nc2c(S(=O)(=O)O)cc3cc(S(=O)(=O)O)cc(O)c3c2O)c1. The maximum absolute atomic E-state index is 11.8. The zero-order valence-corrected chi connectivity index (χ0v) is 16.6. The molecule has 0 fully saturated rings. The number of rotatable bonds is 5. The Morgan fingerprint density at radius 3 is 2.16 bits per heavy atom. The van der Waals surface area contributed by atoms with Gasteiger partial charge >= 0.3 is 0 Å². The molecule has 0 atom stereocenters. The molecule has 0 aliphatic heterocycles. The quantitative estimate of drug-likeness (QED) is 0.185. The highest BCUT2D eigenvalue weighted by atomic mass is 32.2. The van der Waals surface area contributed by atoms with E-state index in [1.54, 1.807) is 0 Å². The Bertz CT molecular complexity index is 1480. The minimum Gasteiger partial charge on any atom is -0.507 e. The van der Waals surface area contributed by atoms with Gasteiger partial charge in [-0.05, 0) is 23.6 Å². The molecule has 0 saturated heterocycles. The van der Waals surface area contributed by atoms with E-state index in [0.29, 0.717) is 12.1 Å². The van der Waals surface area contributed by atoms with E-state index in [1.807, 2.05) is 0 Å². The van der Waals surface area contributed by atoms with Crippen molar-refractivity contribution in [3.05, 3.63) is 52.6 Å². The molecule has 0 amide bonds. The van der Waals surface area contributed by atoms with Gasteiger partial charge in [0.05, 0.1) is 20.9 Å². The van der Waals surface area contributed by atoms with Crippen molar-refractivity contribution < 1.29 is 41.1 Å². The summed E-state index contributed by atoms with van der Waals surface area (Å²) in [5, 5.41) is 37.8. The van der Waals surface area contributed by atoms with Gasteiger partial charge in [0.15, 0.2) is 5.75 Å². The fourth-order valence-corrected chi connectivity index (χ4v) is 3.85. The molecule has 162 valence electrons. The van der Waals surface area contributed by atoms with Crippen LogP contribution in [0.25, 0.3) is 10.8 Å². The molecule has 31 heavy (non-hydrogen) atoms. The molecule has 0 unspecified atom stereocenters. The molecule has 0 radical (unpaired) electrons. The highest BCUT2D eigenvalue weighted by molar-refractivity contribution is 7.86. The van der Waals surface area contributed by atoms with Crippen molar-refractivity contribution in [1.82, 2.24) is 0 Å². The van der Waals surface area contributed by atoms with E-state index in [9.17, 15) is 41.7 Å². The maximum atomic E-state index is 11.8. The molecular formula is C16H11N3O10S2. The van der Waals surface area contributed by atoms with Gasteiger partial charge in [-0.15, -0.1) is 5.11 Å². The topological polar surface area (TPSA) is 217 Å². The molecule has 0 bridgehead atoms. The standard InChI is InChI=1S/C16H11N3O10S2/c20-12-7-11(30(24,25)26)4-8-5-13(31(27,28)29)15(16(21)14(8)12)18-17-9-2-1-3-10(6-9)19(22)23/h1-7,20-21H,(H,24,25,26)(H,27,28,29). The second kappa shape index (κ2) is 7.55. The number of aromatic hydroxyl groups is 2. The van der Waals surface area contributed by atoms with Crippen LogP contribution in [-0.2, 0) is 20.2 Å². The number of nitro benzene ring substituents is 1. The molecule has 15 heteroatoms. The molecule has 0 aromatic heterocycles. The van der Waals surface area contributed by atoms with Crippen molar-refractivity contribution in [3.63, 3.8) is 0 Å². The van der Waals surface area contributed by atoms with E-state index in [0.717, 1.165) is 12.1 Å². The number of benzene rings is 3. The van der Waals surface area contributed by atoms with Gasteiger partial charge in [-0.25, -0.2) is 0 Å². The van der Waals surface area contributed by atoms with E-state index < -0.39 is 57.5 Å². The van der Waals surface area contributed by atoms with E-state index in [4.69, 9.17) is 4.55 Å². The van der Waals surface area contributed by atoms with Crippen molar-refractivity contribution >= 4 is 48.1 Å². The Kier molecular flexibility index (Phi) is 5.36. The molecule has 3 aromatic rings. The zero-order chi connectivity index (χ0) is 23.1. The van der Waals surface area contributed by atoms with E-state index in [1.165, 1.54) is 18.2 Å². The van der Waals surface area contributed by atoms with Crippen molar-refractivity contribution in [2.24, 2.45) is 10.2 Å². The molecule has 0 aliphatic rings. The monoisotopic (exact) mass is 469 g/mol. The predicted octanol–water partition coefficient (Wildman–Crippen LogP) is 3.07. The van der Waals surface area contributed by atoms with Gasteiger partial charge in [-0.1, -0.05) is 6.07 Å². The lowest BCUT2D eigenvalue weighted by atomic mass is 10.1. The number of fused-ring (bicyclic) bond motifs is 1. The van der Waals surface area contributed by atoms with Gasteiger partial charge in [-0.2, -0.15) is 21.9 Å². The lowest BCUT2D eigenvalue weighted by Crippen LogP contribution is -2.01. The van der Waals surface area contributed by atoms with Crippen LogP contribution in [0.2, 0.25) is 0 Å². The number of phenolic OH excluding ortho intramolecular Hbond substituents is 2. The number of nitro groups is 1. The Balaban J connectivity index is 2.30. The second-order valence-corrected chi connectivity index (χ2v) is 8.85. The number of non-ortho nitro benzene ring substituents is 1. The number of azo groups is 1. The first kappa shape index (κ1) is 22.0. The molecule has 3 aromatic carbocycles. The lowest BCUT2D eigenvalue weighted by Gasteiger charge is -2.11. The summed E-state index contributed by atoms with van der Waals surface area (Å²) >= 11 is 0. The first-order valence-electron chi connectivity index (χ1n) is 7.93. The van der Waals surface area contributed by atoms with Gasteiger partial charge < -0.3 is 10.2 Å². The molecular weight excluding hydrogens is 458 g/mol. The Morgan fingerprint density at radius 1 is 0.903 bits per heavy atom. The third-order valence-corrected chi connectivity index (χ3v) is 5.68. The summed E-state index contributed by atoms with van der Waals surface area (Å²) in [6, 6.07) is 6.79. The van der Waals surface area contributed by atoms with Gasteiger partial charge in [0.25, 0.3) is 25.9 Å². The lowest BCUT2D eigenvalue weighted by molar-refractivity contribution is -0.384. The number of hydrogen-bond acceptors (Lipinski definition) is 10. The summed E-state index contributed by atoms with van der Waals surface area (Å²) < 4.78 is 64.9. The fraction of sp³-hybridized carbons (Fsp3) is 0. The largest absolute Gasteiger partial charge is 0.507 e. The van der Waals surface area contributed by atoms with Crippen LogP contribution in [0.15, 0.2) is 62.5 Å². The van der Waals surface area contributed by atoms with Gasteiger partial charge in [0.1, 0.15) is 16.3 Å².